The van der Waals surface area contributed by atoms with Crippen molar-refractivity contribution in [1.29, 1.82) is 0 Å². The van der Waals surface area contributed by atoms with E-state index in [1.54, 1.807) is 0 Å². The zero-order chi connectivity index (χ0) is 14.4. The molecule has 1 aliphatic heterocycles. The van der Waals surface area contributed by atoms with E-state index in [1.165, 1.54) is 18.4 Å². The summed E-state index contributed by atoms with van der Waals surface area (Å²) in [6, 6.07) is 9.53. The molecule has 0 aromatic heterocycles. The summed E-state index contributed by atoms with van der Waals surface area (Å²) in [4.78, 5) is 2.64. The third-order valence-electron chi connectivity index (χ3n) is 4.15. The van der Waals surface area contributed by atoms with Crippen LogP contribution >= 0.6 is 0 Å². The molecule has 3 heteroatoms. The second kappa shape index (κ2) is 7.65. The van der Waals surface area contributed by atoms with Crippen molar-refractivity contribution in [2.45, 2.75) is 45.7 Å². The van der Waals surface area contributed by atoms with Crippen LogP contribution in [0.5, 0.6) is 5.75 Å². The van der Waals surface area contributed by atoms with Crippen LogP contribution in [0.1, 0.15) is 45.2 Å². The van der Waals surface area contributed by atoms with Gasteiger partial charge >= 0.3 is 0 Å². The van der Waals surface area contributed by atoms with E-state index in [0.717, 1.165) is 32.0 Å². The largest absolute Gasteiger partial charge is 0.494 e. The van der Waals surface area contributed by atoms with Gasteiger partial charge in [0.05, 0.1) is 6.61 Å². The zero-order valence-corrected chi connectivity index (χ0v) is 13.1. The molecule has 0 radical (unpaired) electrons. The van der Waals surface area contributed by atoms with Crippen molar-refractivity contribution in [3.63, 3.8) is 0 Å². The lowest BCUT2D eigenvalue weighted by Crippen LogP contribution is -2.39. The Bertz CT molecular complexity index is 402. The predicted octanol–water partition coefficient (Wildman–Crippen LogP) is 3.22. The summed E-state index contributed by atoms with van der Waals surface area (Å²) >= 11 is 0. The second-order valence-electron chi connectivity index (χ2n) is 5.53. The van der Waals surface area contributed by atoms with Gasteiger partial charge in [0.2, 0.25) is 0 Å². The molecule has 1 aliphatic rings. The van der Waals surface area contributed by atoms with E-state index in [-0.39, 0.29) is 0 Å². The monoisotopic (exact) mass is 276 g/mol. The Kier molecular flexibility index (Phi) is 5.86. The van der Waals surface area contributed by atoms with Crippen LogP contribution in [0.15, 0.2) is 24.3 Å². The Morgan fingerprint density at radius 3 is 2.80 bits per heavy atom. The number of nitrogens with zero attached hydrogens (tertiary/aromatic N) is 1. The lowest BCUT2D eigenvalue weighted by molar-refractivity contribution is 0.150. The van der Waals surface area contributed by atoms with Gasteiger partial charge in [0, 0.05) is 24.2 Å². The molecule has 112 valence electrons. The first-order valence-corrected chi connectivity index (χ1v) is 7.96. The Labute approximate surface area is 123 Å². The highest BCUT2D eigenvalue weighted by Gasteiger charge is 2.27. The molecule has 0 amide bonds. The lowest BCUT2D eigenvalue weighted by atomic mass is 10.0. The van der Waals surface area contributed by atoms with E-state index < -0.39 is 0 Å². The van der Waals surface area contributed by atoms with Crippen molar-refractivity contribution < 1.29 is 4.74 Å². The highest BCUT2D eigenvalue weighted by atomic mass is 16.5. The van der Waals surface area contributed by atoms with Crippen LogP contribution in [-0.4, -0.2) is 37.2 Å². The van der Waals surface area contributed by atoms with E-state index in [4.69, 9.17) is 4.74 Å². The lowest BCUT2D eigenvalue weighted by Gasteiger charge is -2.34. The summed E-state index contributed by atoms with van der Waals surface area (Å²) in [7, 11) is 0. The molecule has 1 N–H and O–H groups in total. The smallest absolute Gasteiger partial charge is 0.124 e. The second-order valence-corrected chi connectivity index (χ2v) is 5.53. The van der Waals surface area contributed by atoms with Crippen LogP contribution in [0.4, 0.5) is 0 Å². The highest BCUT2D eigenvalue weighted by molar-refractivity contribution is 5.35. The van der Waals surface area contributed by atoms with Gasteiger partial charge in [0.15, 0.2) is 0 Å². The van der Waals surface area contributed by atoms with Crippen molar-refractivity contribution >= 4 is 0 Å². The first-order valence-electron chi connectivity index (χ1n) is 7.96. The van der Waals surface area contributed by atoms with Crippen LogP contribution < -0.4 is 10.1 Å². The number of ether oxygens (including phenoxy) is 1. The minimum Gasteiger partial charge on any atom is -0.494 e. The van der Waals surface area contributed by atoms with Crippen molar-refractivity contribution in [2.24, 2.45) is 0 Å². The predicted molar refractivity (Wildman–Crippen MR) is 84.3 cm³/mol. The van der Waals surface area contributed by atoms with E-state index in [1.807, 2.05) is 6.92 Å². The van der Waals surface area contributed by atoms with Gasteiger partial charge in [-0.2, -0.15) is 0 Å². The average molecular weight is 276 g/mol. The molecule has 1 heterocycles. The van der Waals surface area contributed by atoms with Crippen LogP contribution in [0.3, 0.4) is 0 Å². The molecule has 0 aliphatic carbocycles. The quantitative estimate of drug-likeness (QED) is 0.827. The van der Waals surface area contributed by atoms with Crippen molar-refractivity contribution in [2.75, 3.05) is 26.2 Å². The first-order chi connectivity index (χ1) is 9.77. The molecule has 0 spiro atoms. The van der Waals surface area contributed by atoms with Gasteiger partial charge in [-0.15, -0.1) is 0 Å². The SMILES string of the molecule is CCCN(C1CCNC1)C(C)c1ccccc1OCC. The minimum atomic E-state index is 0.405. The van der Waals surface area contributed by atoms with Gasteiger partial charge < -0.3 is 10.1 Å². The van der Waals surface area contributed by atoms with Crippen LogP contribution in [-0.2, 0) is 0 Å². The fraction of sp³-hybridized carbons (Fsp3) is 0.647. The summed E-state index contributed by atoms with van der Waals surface area (Å²) in [5, 5.41) is 3.48. The van der Waals surface area contributed by atoms with E-state index in [2.05, 4.69) is 48.3 Å². The Hall–Kier alpha value is -1.06. The number of hydrogen-bond acceptors (Lipinski definition) is 3. The van der Waals surface area contributed by atoms with Crippen molar-refractivity contribution in [1.82, 2.24) is 10.2 Å². The fourth-order valence-corrected chi connectivity index (χ4v) is 3.16. The minimum absolute atomic E-state index is 0.405. The molecule has 2 rings (SSSR count). The molecule has 0 saturated carbocycles. The molecule has 1 saturated heterocycles. The molecule has 1 aromatic carbocycles. The number of hydrogen-bond donors (Lipinski definition) is 1. The van der Waals surface area contributed by atoms with Gasteiger partial charge in [-0.3, -0.25) is 4.90 Å². The van der Waals surface area contributed by atoms with Gasteiger partial charge in [-0.1, -0.05) is 25.1 Å². The van der Waals surface area contributed by atoms with Gasteiger partial charge in [-0.25, -0.2) is 0 Å². The number of para-hydroxylation sites is 1. The molecule has 2 unspecified atom stereocenters. The summed E-state index contributed by atoms with van der Waals surface area (Å²) in [5.41, 5.74) is 1.31. The molecule has 20 heavy (non-hydrogen) atoms. The van der Waals surface area contributed by atoms with E-state index in [9.17, 15) is 0 Å². The molecular weight excluding hydrogens is 248 g/mol. The molecule has 1 aromatic rings. The summed E-state index contributed by atoms with van der Waals surface area (Å²) < 4.78 is 5.81. The van der Waals surface area contributed by atoms with Crippen molar-refractivity contribution in [3.8, 4) is 5.75 Å². The number of nitrogens with one attached hydrogen (secondary N) is 1. The summed E-state index contributed by atoms with van der Waals surface area (Å²) in [6.07, 6.45) is 2.44. The van der Waals surface area contributed by atoms with E-state index >= 15 is 0 Å². The third kappa shape index (κ3) is 3.53. The maximum Gasteiger partial charge on any atom is 0.124 e. The third-order valence-corrected chi connectivity index (χ3v) is 4.15. The van der Waals surface area contributed by atoms with Gasteiger partial charge in [0.25, 0.3) is 0 Å². The van der Waals surface area contributed by atoms with Crippen LogP contribution in [0, 0.1) is 0 Å². The average Bonchev–Trinajstić information content (AvgIpc) is 2.99. The standard InChI is InChI=1S/C17H28N2O/c1-4-12-19(15-10-11-18-13-15)14(3)16-8-6-7-9-17(16)20-5-2/h6-9,14-15,18H,4-5,10-13H2,1-3H3. The normalized spacial score (nSPS) is 20.3. The van der Waals surface area contributed by atoms with Crippen molar-refractivity contribution in [3.05, 3.63) is 29.8 Å². The number of benzene rings is 1. The molecule has 3 nitrogen and oxygen atoms in total. The summed E-state index contributed by atoms with van der Waals surface area (Å²) in [6.45, 7) is 10.7. The molecule has 0 bridgehead atoms. The van der Waals surface area contributed by atoms with Crippen LogP contribution in [0.2, 0.25) is 0 Å². The summed E-state index contributed by atoms with van der Waals surface area (Å²) in [5.74, 6) is 1.04. The van der Waals surface area contributed by atoms with E-state index in [0.29, 0.717) is 12.1 Å². The number of rotatable bonds is 7. The fourth-order valence-electron chi connectivity index (χ4n) is 3.16. The molecule has 1 fully saturated rings. The Morgan fingerprint density at radius 1 is 1.35 bits per heavy atom. The Morgan fingerprint density at radius 2 is 2.15 bits per heavy atom. The highest BCUT2D eigenvalue weighted by Crippen LogP contribution is 2.31. The maximum absolute atomic E-state index is 5.81. The zero-order valence-electron chi connectivity index (χ0n) is 13.1. The molecular formula is C17H28N2O. The maximum atomic E-state index is 5.81. The van der Waals surface area contributed by atoms with Gasteiger partial charge in [-0.05, 0) is 45.8 Å². The first kappa shape index (κ1) is 15.3. The molecule has 2 atom stereocenters. The van der Waals surface area contributed by atoms with Gasteiger partial charge in [0.1, 0.15) is 5.75 Å². The Balaban J connectivity index is 2.19. The van der Waals surface area contributed by atoms with Crippen LogP contribution in [0.25, 0.3) is 0 Å². The topological polar surface area (TPSA) is 24.5 Å².